The Balaban J connectivity index is 1.37. The van der Waals surface area contributed by atoms with Gasteiger partial charge in [0.25, 0.3) is 0 Å². The predicted octanol–water partition coefficient (Wildman–Crippen LogP) is 1.89. The normalized spacial score (nSPS) is 33.5. The molecule has 4 unspecified atom stereocenters. The highest BCUT2D eigenvalue weighted by atomic mass is 32.1. The van der Waals surface area contributed by atoms with Crippen LogP contribution >= 0.6 is 11.3 Å². The van der Waals surface area contributed by atoms with E-state index in [-0.39, 0.29) is 0 Å². The second-order valence-electron chi connectivity index (χ2n) is 6.50. The molecule has 0 saturated carbocycles. The van der Waals surface area contributed by atoms with Crippen molar-refractivity contribution in [2.24, 2.45) is 16.8 Å². The third-order valence-electron chi connectivity index (χ3n) is 5.31. The average Bonchev–Trinajstić information content (AvgIpc) is 3.29. The second-order valence-corrected chi connectivity index (χ2v) is 7.70. The minimum atomic E-state index is 0.504. The highest BCUT2D eigenvalue weighted by Gasteiger charge is 2.53. The van der Waals surface area contributed by atoms with Gasteiger partial charge in [0.15, 0.2) is 5.96 Å². The van der Waals surface area contributed by atoms with Crippen LogP contribution in [0.2, 0.25) is 0 Å². The summed E-state index contributed by atoms with van der Waals surface area (Å²) in [6.07, 6.45) is 6.56. The topological polar surface area (TPSA) is 49.8 Å². The summed E-state index contributed by atoms with van der Waals surface area (Å²) in [6.45, 7) is 5.11. The Kier molecular flexibility index (Phi) is 3.82. The van der Waals surface area contributed by atoms with Gasteiger partial charge in [0.05, 0.1) is 18.8 Å². The van der Waals surface area contributed by atoms with Gasteiger partial charge >= 0.3 is 0 Å². The van der Waals surface area contributed by atoms with Gasteiger partial charge in [0, 0.05) is 43.0 Å². The van der Waals surface area contributed by atoms with E-state index in [1.165, 1.54) is 17.7 Å². The minimum absolute atomic E-state index is 0.504. The van der Waals surface area contributed by atoms with Crippen LogP contribution in [0.1, 0.15) is 29.7 Å². The monoisotopic (exact) mass is 320 g/mol. The average molecular weight is 320 g/mol. The van der Waals surface area contributed by atoms with Crippen LogP contribution in [0.3, 0.4) is 0 Å². The first-order chi connectivity index (χ1) is 10.8. The lowest BCUT2D eigenvalue weighted by Gasteiger charge is -2.23. The number of hydrogen-bond acceptors (Lipinski definition) is 4. The Labute approximate surface area is 135 Å². The zero-order valence-corrected chi connectivity index (χ0v) is 14.1. The van der Waals surface area contributed by atoms with E-state index in [1.807, 2.05) is 13.2 Å². The number of ether oxygens (including phenoxy) is 1. The van der Waals surface area contributed by atoms with Crippen LogP contribution in [0.5, 0.6) is 0 Å². The van der Waals surface area contributed by atoms with E-state index in [1.54, 1.807) is 11.3 Å². The molecule has 3 saturated heterocycles. The SMILES string of the molecule is CCc1cnc(CNC(=NC)N2CC3C4CCC(O4)C3C2)s1. The molecule has 0 amide bonds. The number of aliphatic imine (C=N–C) groups is 1. The van der Waals surface area contributed by atoms with E-state index in [4.69, 9.17) is 4.74 Å². The standard InChI is InChI=1S/C16H24N4OS/c1-3-10-6-18-15(22-10)7-19-16(17-2)20-8-11-12(9-20)14-5-4-13(11)21-14/h6,11-14H,3-5,7-9H2,1-2H3,(H,17,19). The van der Waals surface area contributed by atoms with Gasteiger partial charge in [-0.3, -0.25) is 4.99 Å². The van der Waals surface area contributed by atoms with Crippen molar-refractivity contribution in [3.63, 3.8) is 0 Å². The molecular weight excluding hydrogens is 296 g/mol. The first-order valence-electron chi connectivity index (χ1n) is 8.33. The summed E-state index contributed by atoms with van der Waals surface area (Å²) >= 11 is 1.79. The van der Waals surface area contributed by atoms with E-state index in [9.17, 15) is 0 Å². The Hall–Kier alpha value is -1.14. The Morgan fingerprint density at radius 2 is 2.14 bits per heavy atom. The van der Waals surface area contributed by atoms with Crippen molar-refractivity contribution in [1.82, 2.24) is 15.2 Å². The molecule has 5 nitrogen and oxygen atoms in total. The molecule has 3 aliphatic heterocycles. The lowest BCUT2D eigenvalue weighted by Crippen LogP contribution is -2.40. The molecule has 0 radical (unpaired) electrons. The van der Waals surface area contributed by atoms with Crippen LogP contribution in [-0.2, 0) is 17.7 Å². The van der Waals surface area contributed by atoms with Crippen molar-refractivity contribution in [1.29, 1.82) is 0 Å². The predicted molar refractivity (Wildman–Crippen MR) is 88.1 cm³/mol. The molecule has 6 heteroatoms. The molecule has 120 valence electrons. The number of aromatic nitrogens is 1. The van der Waals surface area contributed by atoms with Crippen molar-refractivity contribution in [2.75, 3.05) is 20.1 Å². The van der Waals surface area contributed by atoms with Crippen LogP contribution in [0.15, 0.2) is 11.2 Å². The van der Waals surface area contributed by atoms with Crippen LogP contribution < -0.4 is 5.32 Å². The number of aryl methyl sites for hydroxylation is 1. The van der Waals surface area contributed by atoms with E-state index in [2.05, 4.69) is 27.1 Å². The van der Waals surface area contributed by atoms with Gasteiger partial charge in [0.1, 0.15) is 5.01 Å². The lowest BCUT2D eigenvalue weighted by atomic mass is 9.82. The third-order valence-corrected chi connectivity index (χ3v) is 6.45. The zero-order chi connectivity index (χ0) is 15.1. The molecule has 1 aromatic rings. The summed E-state index contributed by atoms with van der Waals surface area (Å²) in [5.74, 6) is 2.44. The number of nitrogens with one attached hydrogen (secondary N) is 1. The van der Waals surface area contributed by atoms with Crippen LogP contribution in [-0.4, -0.2) is 48.2 Å². The summed E-state index contributed by atoms with van der Waals surface area (Å²) < 4.78 is 6.05. The number of fused-ring (bicyclic) bond motifs is 5. The van der Waals surface area contributed by atoms with Crippen molar-refractivity contribution >= 4 is 17.3 Å². The summed E-state index contributed by atoms with van der Waals surface area (Å²) in [5, 5.41) is 4.63. The fraction of sp³-hybridized carbons (Fsp3) is 0.750. The number of likely N-dealkylation sites (tertiary alicyclic amines) is 1. The van der Waals surface area contributed by atoms with Gasteiger partial charge in [0.2, 0.25) is 0 Å². The smallest absolute Gasteiger partial charge is 0.194 e. The molecule has 3 aliphatic rings. The van der Waals surface area contributed by atoms with E-state index in [0.717, 1.165) is 37.0 Å². The highest BCUT2D eigenvalue weighted by Crippen LogP contribution is 2.47. The Morgan fingerprint density at radius 3 is 2.73 bits per heavy atom. The van der Waals surface area contributed by atoms with Crippen molar-refractivity contribution < 1.29 is 4.74 Å². The molecule has 4 atom stereocenters. The summed E-state index contributed by atoms with van der Waals surface area (Å²) in [4.78, 5) is 12.7. The third kappa shape index (κ3) is 2.42. The second kappa shape index (κ2) is 5.81. The number of hydrogen-bond donors (Lipinski definition) is 1. The van der Waals surface area contributed by atoms with Gasteiger partial charge in [-0.25, -0.2) is 4.98 Å². The van der Waals surface area contributed by atoms with Gasteiger partial charge in [-0.15, -0.1) is 11.3 Å². The number of nitrogens with zero attached hydrogens (tertiary/aromatic N) is 3. The summed E-state index contributed by atoms with van der Waals surface area (Å²) in [6, 6.07) is 0. The maximum absolute atomic E-state index is 6.05. The fourth-order valence-corrected chi connectivity index (χ4v) is 5.02. The molecule has 1 N–H and O–H groups in total. The van der Waals surface area contributed by atoms with Crippen molar-refractivity contribution in [3.8, 4) is 0 Å². The fourth-order valence-electron chi connectivity index (χ4n) is 4.21. The summed E-state index contributed by atoms with van der Waals surface area (Å²) in [7, 11) is 1.88. The maximum atomic E-state index is 6.05. The molecule has 3 fully saturated rings. The van der Waals surface area contributed by atoms with Crippen LogP contribution in [0, 0.1) is 11.8 Å². The van der Waals surface area contributed by atoms with Gasteiger partial charge in [-0.1, -0.05) is 6.92 Å². The molecule has 0 aromatic carbocycles. The van der Waals surface area contributed by atoms with E-state index in [0.29, 0.717) is 24.0 Å². The maximum Gasteiger partial charge on any atom is 0.194 e. The molecule has 0 aliphatic carbocycles. The quantitative estimate of drug-likeness (QED) is 0.682. The van der Waals surface area contributed by atoms with E-state index >= 15 is 0 Å². The number of guanidine groups is 1. The first-order valence-corrected chi connectivity index (χ1v) is 9.14. The van der Waals surface area contributed by atoms with E-state index < -0.39 is 0 Å². The lowest BCUT2D eigenvalue weighted by molar-refractivity contribution is 0.0767. The molecule has 0 spiro atoms. The zero-order valence-electron chi connectivity index (χ0n) is 13.3. The minimum Gasteiger partial charge on any atom is -0.374 e. The van der Waals surface area contributed by atoms with Crippen molar-refractivity contribution in [3.05, 3.63) is 16.1 Å². The number of thiazole rings is 1. The van der Waals surface area contributed by atoms with Crippen LogP contribution in [0.25, 0.3) is 0 Å². The van der Waals surface area contributed by atoms with Crippen LogP contribution in [0.4, 0.5) is 0 Å². The Morgan fingerprint density at radius 1 is 1.41 bits per heavy atom. The molecular formula is C16H24N4OS. The molecule has 22 heavy (non-hydrogen) atoms. The largest absolute Gasteiger partial charge is 0.374 e. The Bertz CT molecular complexity index is 554. The summed E-state index contributed by atoms with van der Waals surface area (Å²) in [5.41, 5.74) is 0. The molecule has 4 rings (SSSR count). The van der Waals surface area contributed by atoms with Gasteiger partial charge < -0.3 is 15.0 Å². The molecule has 2 bridgehead atoms. The first kappa shape index (κ1) is 14.5. The van der Waals surface area contributed by atoms with Gasteiger partial charge in [-0.05, 0) is 19.3 Å². The molecule has 4 heterocycles. The van der Waals surface area contributed by atoms with Crippen molar-refractivity contribution in [2.45, 2.75) is 44.9 Å². The molecule has 1 aromatic heterocycles. The number of rotatable bonds is 3. The highest BCUT2D eigenvalue weighted by molar-refractivity contribution is 7.11. The van der Waals surface area contributed by atoms with Gasteiger partial charge in [-0.2, -0.15) is 0 Å².